The minimum atomic E-state index is 0.554. The zero-order valence-corrected chi connectivity index (χ0v) is 9.98. The predicted octanol–water partition coefficient (Wildman–Crippen LogP) is 2.72. The maximum Gasteiger partial charge on any atom is 0.133 e. The molecule has 0 aliphatic carbocycles. The van der Waals surface area contributed by atoms with E-state index in [9.17, 15) is 0 Å². The van der Waals surface area contributed by atoms with Gasteiger partial charge in [-0.2, -0.15) is 0 Å². The number of nitrogens with one attached hydrogen (secondary N) is 1. The van der Waals surface area contributed by atoms with Crippen molar-refractivity contribution >= 4 is 17.6 Å². The highest BCUT2D eigenvalue weighted by Gasteiger charge is 2.07. The molecular weight excluding hydrogens is 194 g/mol. The van der Waals surface area contributed by atoms with E-state index in [1.54, 1.807) is 18.1 Å². The number of thioether (sulfide) groups is 1. The molecule has 0 spiro atoms. The molecular formula is C10H17N3S. The van der Waals surface area contributed by atoms with Gasteiger partial charge in [0.15, 0.2) is 0 Å². The normalized spacial score (nSPS) is 10.6. The van der Waals surface area contributed by atoms with E-state index < -0.39 is 0 Å². The van der Waals surface area contributed by atoms with Gasteiger partial charge in [0.1, 0.15) is 17.2 Å². The Labute approximate surface area is 89.7 Å². The summed E-state index contributed by atoms with van der Waals surface area (Å²) in [6.45, 7) is 9.35. The summed E-state index contributed by atoms with van der Waals surface area (Å²) in [4.78, 5) is 8.47. The quantitative estimate of drug-likeness (QED) is 0.614. The van der Waals surface area contributed by atoms with Crippen LogP contribution in [0.4, 0.5) is 5.82 Å². The number of rotatable bonds is 4. The first kappa shape index (κ1) is 11.3. The zero-order chi connectivity index (χ0) is 10.6. The lowest BCUT2D eigenvalue weighted by Crippen LogP contribution is -2.04. The Balaban J connectivity index is 2.89. The molecule has 1 aromatic rings. The molecule has 78 valence electrons. The fraction of sp³-hybridized carbons (Fsp3) is 0.600. The van der Waals surface area contributed by atoms with E-state index >= 15 is 0 Å². The molecule has 1 aromatic heterocycles. The van der Waals surface area contributed by atoms with Crippen LogP contribution in [0.25, 0.3) is 0 Å². The average Bonchev–Trinajstić information content (AvgIpc) is 2.11. The molecule has 14 heavy (non-hydrogen) atoms. The first-order chi connectivity index (χ1) is 6.65. The van der Waals surface area contributed by atoms with Gasteiger partial charge in [0.25, 0.3) is 0 Å². The standard InChI is InChI=1S/C10H17N3S/c1-5-11-9-8(4)10(13-6-12-9)14-7(2)3/h6-7H,5H2,1-4H3,(H,11,12,13). The van der Waals surface area contributed by atoms with E-state index in [-0.39, 0.29) is 0 Å². The summed E-state index contributed by atoms with van der Waals surface area (Å²) in [6, 6.07) is 0. The average molecular weight is 211 g/mol. The SMILES string of the molecule is CCNc1ncnc(SC(C)C)c1C. The Morgan fingerprint density at radius 3 is 2.71 bits per heavy atom. The zero-order valence-electron chi connectivity index (χ0n) is 9.16. The Bertz CT molecular complexity index is 299. The number of anilines is 1. The second-order valence-corrected chi connectivity index (χ2v) is 4.91. The van der Waals surface area contributed by atoms with Crippen LogP contribution in [0.2, 0.25) is 0 Å². The highest BCUT2D eigenvalue weighted by atomic mass is 32.2. The number of hydrogen-bond donors (Lipinski definition) is 1. The Hall–Kier alpha value is -0.770. The summed E-state index contributed by atoms with van der Waals surface area (Å²) >= 11 is 1.77. The highest BCUT2D eigenvalue weighted by Crippen LogP contribution is 2.26. The lowest BCUT2D eigenvalue weighted by Gasteiger charge is -2.10. The molecule has 4 heteroatoms. The third kappa shape index (κ3) is 2.87. The van der Waals surface area contributed by atoms with E-state index in [1.165, 1.54) is 0 Å². The van der Waals surface area contributed by atoms with Gasteiger partial charge in [0, 0.05) is 17.4 Å². The van der Waals surface area contributed by atoms with Crippen molar-refractivity contribution in [2.24, 2.45) is 0 Å². The van der Waals surface area contributed by atoms with Crippen molar-refractivity contribution < 1.29 is 0 Å². The van der Waals surface area contributed by atoms with E-state index in [2.05, 4.69) is 43.0 Å². The topological polar surface area (TPSA) is 37.8 Å². The fourth-order valence-corrected chi connectivity index (χ4v) is 1.95. The van der Waals surface area contributed by atoms with Crippen molar-refractivity contribution in [2.75, 3.05) is 11.9 Å². The summed E-state index contributed by atoms with van der Waals surface area (Å²) in [6.07, 6.45) is 1.62. The van der Waals surface area contributed by atoms with Gasteiger partial charge in [-0.15, -0.1) is 11.8 Å². The fourth-order valence-electron chi connectivity index (χ4n) is 1.12. The van der Waals surface area contributed by atoms with E-state index in [0.29, 0.717) is 5.25 Å². The molecule has 0 unspecified atom stereocenters. The van der Waals surface area contributed by atoms with Crippen LogP contribution in [-0.2, 0) is 0 Å². The highest BCUT2D eigenvalue weighted by molar-refractivity contribution is 7.99. The smallest absolute Gasteiger partial charge is 0.133 e. The molecule has 0 fully saturated rings. The van der Waals surface area contributed by atoms with Crippen LogP contribution in [0.5, 0.6) is 0 Å². The minimum absolute atomic E-state index is 0.554. The second-order valence-electron chi connectivity index (χ2n) is 3.35. The van der Waals surface area contributed by atoms with Crippen molar-refractivity contribution in [1.82, 2.24) is 9.97 Å². The van der Waals surface area contributed by atoms with Gasteiger partial charge in [0.05, 0.1) is 0 Å². The molecule has 0 saturated heterocycles. The van der Waals surface area contributed by atoms with Gasteiger partial charge in [-0.25, -0.2) is 9.97 Å². The molecule has 3 nitrogen and oxygen atoms in total. The summed E-state index contributed by atoms with van der Waals surface area (Å²) in [5, 5.41) is 4.85. The molecule has 1 rings (SSSR count). The molecule has 0 bridgehead atoms. The van der Waals surface area contributed by atoms with Gasteiger partial charge in [-0.05, 0) is 13.8 Å². The van der Waals surface area contributed by atoms with Crippen molar-refractivity contribution in [1.29, 1.82) is 0 Å². The Morgan fingerprint density at radius 2 is 2.14 bits per heavy atom. The summed E-state index contributed by atoms with van der Waals surface area (Å²) in [7, 11) is 0. The molecule has 0 saturated carbocycles. The molecule has 0 atom stereocenters. The van der Waals surface area contributed by atoms with E-state index in [4.69, 9.17) is 0 Å². The summed E-state index contributed by atoms with van der Waals surface area (Å²) in [5.41, 5.74) is 1.15. The van der Waals surface area contributed by atoms with Crippen LogP contribution >= 0.6 is 11.8 Å². The Kier molecular flexibility index (Phi) is 4.20. The van der Waals surface area contributed by atoms with Gasteiger partial charge in [-0.3, -0.25) is 0 Å². The van der Waals surface area contributed by atoms with Crippen LogP contribution in [0.1, 0.15) is 26.3 Å². The van der Waals surface area contributed by atoms with Gasteiger partial charge in [-0.1, -0.05) is 13.8 Å². The number of nitrogens with zero attached hydrogens (tertiary/aromatic N) is 2. The molecule has 0 aliphatic heterocycles. The van der Waals surface area contributed by atoms with Crippen LogP contribution in [0.3, 0.4) is 0 Å². The maximum atomic E-state index is 4.27. The van der Waals surface area contributed by atoms with Crippen molar-refractivity contribution in [3.05, 3.63) is 11.9 Å². The molecule has 0 aromatic carbocycles. The molecule has 0 amide bonds. The lowest BCUT2D eigenvalue weighted by atomic mass is 10.3. The van der Waals surface area contributed by atoms with Crippen molar-refractivity contribution in [3.63, 3.8) is 0 Å². The van der Waals surface area contributed by atoms with Gasteiger partial charge < -0.3 is 5.32 Å². The predicted molar refractivity (Wildman–Crippen MR) is 61.9 cm³/mol. The van der Waals surface area contributed by atoms with Crippen molar-refractivity contribution in [2.45, 2.75) is 38.0 Å². The first-order valence-corrected chi connectivity index (χ1v) is 5.75. The van der Waals surface area contributed by atoms with Gasteiger partial charge in [0.2, 0.25) is 0 Å². The molecule has 0 radical (unpaired) electrons. The summed E-state index contributed by atoms with van der Waals surface area (Å²) in [5.74, 6) is 0.950. The van der Waals surface area contributed by atoms with Crippen LogP contribution < -0.4 is 5.32 Å². The van der Waals surface area contributed by atoms with Crippen LogP contribution in [0.15, 0.2) is 11.4 Å². The third-order valence-corrected chi connectivity index (χ3v) is 2.84. The van der Waals surface area contributed by atoms with E-state index in [0.717, 1.165) is 23.0 Å². The van der Waals surface area contributed by atoms with Crippen molar-refractivity contribution in [3.8, 4) is 0 Å². The number of aromatic nitrogens is 2. The third-order valence-electron chi connectivity index (χ3n) is 1.73. The molecule has 1 heterocycles. The monoisotopic (exact) mass is 211 g/mol. The largest absolute Gasteiger partial charge is 0.370 e. The molecule has 1 N–H and O–H groups in total. The maximum absolute atomic E-state index is 4.27. The Morgan fingerprint density at radius 1 is 1.43 bits per heavy atom. The van der Waals surface area contributed by atoms with Crippen LogP contribution in [-0.4, -0.2) is 21.8 Å². The minimum Gasteiger partial charge on any atom is -0.370 e. The van der Waals surface area contributed by atoms with Crippen LogP contribution in [0, 0.1) is 6.92 Å². The van der Waals surface area contributed by atoms with Gasteiger partial charge >= 0.3 is 0 Å². The number of hydrogen-bond acceptors (Lipinski definition) is 4. The molecule has 0 aliphatic rings. The lowest BCUT2D eigenvalue weighted by molar-refractivity contribution is 0.980. The first-order valence-electron chi connectivity index (χ1n) is 4.87. The summed E-state index contributed by atoms with van der Waals surface area (Å²) < 4.78 is 0. The second kappa shape index (κ2) is 5.20. The van der Waals surface area contributed by atoms with E-state index in [1.807, 2.05) is 0 Å².